The van der Waals surface area contributed by atoms with Gasteiger partial charge in [-0.2, -0.15) is 0 Å². The highest BCUT2D eigenvalue weighted by atomic mass is 32.2. The van der Waals surface area contributed by atoms with E-state index in [1.807, 2.05) is 13.8 Å². The molecule has 0 N–H and O–H groups in total. The van der Waals surface area contributed by atoms with E-state index in [2.05, 4.69) is 0 Å². The molecule has 1 atom stereocenters. The zero-order valence-electron chi connectivity index (χ0n) is 21.2. The van der Waals surface area contributed by atoms with E-state index in [-0.39, 0.29) is 26.7 Å². The number of hydrogen-bond donors (Lipinski definition) is 0. The van der Waals surface area contributed by atoms with Crippen LogP contribution >= 0.6 is 0 Å². The normalized spacial score (nSPS) is 24.5. The molecular weight excluding hydrogens is 488 g/mol. The monoisotopic (exact) mass is 518 g/mol. The van der Waals surface area contributed by atoms with Gasteiger partial charge in [0.2, 0.25) is 0 Å². The molecule has 0 spiro atoms. The van der Waals surface area contributed by atoms with E-state index in [0.717, 1.165) is 0 Å². The summed E-state index contributed by atoms with van der Waals surface area (Å²) in [5, 5.41) is 0. The van der Waals surface area contributed by atoms with Crippen molar-refractivity contribution >= 4 is 31.4 Å². The molecule has 2 aromatic rings. The van der Waals surface area contributed by atoms with Crippen LogP contribution in [0.5, 0.6) is 0 Å². The Morgan fingerprint density at radius 2 is 1.31 bits per heavy atom. The Balaban J connectivity index is 1.99. The SMILES string of the molecule is COC(=O)c1ccc2c(c1C)C(C)(C)C(C)(C(=O)c1ccc3c(c1C)C(C)(C)CS3(=O)=O)S2(=O)=O. The summed E-state index contributed by atoms with van der Waals surface area (Å²) in [6.45, 7) is 11.8. The second-order valence-electron chi connectivity index (χ2n) is 10.8. The number of benzene rings is 2. The fourth-order valence-electron chi connectivity index (χ4n) is 6.13. The summed E-state index contributed by atoms with van der Waals surface area (Å²) in [5.41, 5.74) is 0.429. The smallest absolute Gasteiger partial charge is 0.338 e. The van der Waals surface area contributed by atoms with E-state index < -0.39 is 47.0 Å². The number of sulfone groups is 2. The number of methoxy groups -OCH3 is 1. The van der Waals surface area contributed by atoms with Gasteiger partial charge in [0.25, 0.3) is 0 Å². The molecule has 2 aliphatic rings. The molecule has 9 heteroatoms. The minimum absolute atomic E-state index is 0.0187. The lowest BCUT2D eigenvalue weighted by Gasteiger charge is -2.37. The zero-order chi connectivity index (χ0) is 26.5. The maximum absolute atomic E-state index is 14.2. The van der Waals surface area contributed by atoms with Crippen LogP contribution in [0.1, 0.15) is 77.6 Å². The highest BCUT2D eigenvalue weighted by Gasteiger charge is 2.65. The maximum atomic E-state index is 14.2. The molecule has 1 unspecified atom stereocenters. The van der Waals surface area contributed by atoms with Gasteiger partial charge in [0.1, 0.15) is 4.75 Å². The molecule has 2 aromatic carbocycles. The summed E-state index contributed by atoms with van der Waals surface area (Å²) < 4.78 is 56.3. The number of Topliss-reactive ketones (excluding diaryl/α,β-unsaturated/α-hetero) is 1. The number of hydrogen-bond acceptors (Lipinski definition) is 7. The standard InChI is InChI=1S/C26H30O7S2/c1-14-16(9-11-18-20(14)24(3,4)13-34(18,29)30)22(27)26(7)25(5,6)21-15(2)17(23(28)33-8)10-12-19(21)35(26,31)32/h9-12H,13H2,1-8H3. The van der Waals surface area contributed by atoms with Crippen molar-refractivity contribution in [3.8, 4) is 0 Å². The topological polar surface area (TPSA) is 112 Å². The van der Waals surface area contributed by atoms with Crippen molar-refractivity contribution in [1.82, 2.24) is 0 Å². The molecular formula is C26H30O7S2. The van der Waals surface area contributed by atoms with Crippen LogP contribution in [0, 0.1) is 13.8 Å². The fourth-order valence-corrected chi connectivity index (χ4v) is 10.9. The third-order valence-corrected chi connectivity index (χ3v) is 12.9. The highest BCUT2D eigenvalue weighted by molar-refractivity contribution is 7.94. The second-order valence-corrected chi connectivity index (χ2v) is 15.1. The molecule has 0 saturated carbocycles. The van der Waals surface area contributed by atoms with Gasteiger partial charge in [-0.3, -0.25) is 4.79 Å². The number of carbonyl (C=O) groups excluding carboxylic acids is 2. The number of ether oxygens (including phenoxy) is 1. The summed E-state index contributed by atoms with van der Waals surface area (Å²) in [5.74, 6) is -1.26. The third-order valence-electron chi connectivity index (χ3n) is 8.14. The minimum Gasteiger partial charge on any atom is -0.465 e. The van der Waals surface area contributed by atoms with Crippen LogP contribution in [0.15, 0.2) is 34.1 Å². The first-order valence-corrected chi connectivity index (χ1v) is 14.4. The molecule has 0 aliphatic carbocycles. The van der Waals surface area contributed by atoms with Crippen LogP contribution in [0.4, 0.5) is 0 Å². The summed E-state index contributed by atoms with van der Waals surface area (Å²) in [6.07, 6.45) is 0. The molecule has 0 saturated heterocycles. The van der Waals surface area contributed by atoms with E-state index in [0.29, 0.717) is 22.3 Å². The summed E-state index contributed by atoms with van der Waals surface area (Å²) >= 11 is 0. The molecule has 0 aromatic heterocycles. The van der Waals surface area contributed by atoms with Gasteiger partial charge in [-0.25, -0.2) is 21.6 Å². The molecule has 4 rings (SSSR count). The van der Waals surface area contributed by atoms with Crippen molar-refractivity contribution < 1.29 is 31.2 Å². The summed E-state index contributed by atoms with van der Waals surface area (Å²) in [4.78, 5) is 26.7. The fraction of sp³-hybridized carbons (Fsp3) is 0.462. The number of ketones is 1. The number of esters is 1. The Morgan fingerprint density at radius 3 is 1.89 bits per heavy atom. The Labute approximate surface area is 206 Å². The highest BCUT2D eigenvalue weighted by Crippen LogP contribution is 2.55. The van der Waals surface area contributed by atoms with Gasteiger partial charge in [0, 0.05) is 16.4 Å². The van der Waals surface area contributed by atoms with E-state index in [4.69, 9.17) is 4.74 Å². The van der Waals surface area contributed by atoms with Crippen LogP contribution < -0.4 is 0 Å². The Morgan fingerprint density at radius 1 is 0.800 bits per heavy atom. The van der Waals surface area contributed by atoms with Crippen molar-refractivity contribution in [3.63, 3.8) is 0 Å². The van der Waals surface area contributed by atoms with Crippen LogP contribution in [0.3, 0.4) is 0 Å². The van der Waals surface area contributed by atoms with Crippen molar-refractivity contribution in [2.45, 2.75) is 73.8 Å². The lowest BCUT2D eigenvalue weighted by molar-refractivity contribution is 0.0599. The number of carbonyl (C=O) groups is 2. The predicted molar refractivity (Wildman–Crippen MR) is 132 cm³/mol. The first-order valence-electron chi connectivity index (χ1n) is 11.3. The van der Waals surface area contributed by atoms with E-state index in [1.165, 1.54) is 38.3 Å². The molecule has 0 fully saturated rings. The van der Waals surface area contributed by atoms with E-state index in [1.54, 1.807) is 27.7 Å². The van der Waals surface area contributed by atoms with Crippen molar-refractivity contribution in [1.29, 1.82) is 0 Å². The molecule has 0 bridgehead atoms. The Hall–Kier alpha value is -2.52. The minimum atomic E-state index is -4.17. The molecule has 188 valence electrons. The quantitative estimate of drug-likeness (QED) is 0.448. The van der Waals surface area contributed by atoms with E-state index >= 15 is 0 Å². The molecule has 0 amide bonds. The van der Waals surface area contributed by atoms with Gasteiger partial charge < -0.3 is 4.74 Å². The predicted octanol–water partition coefficient (Wildman–Crippen LogP) is 3.86. The third kappa shape index (κ3) is 3.00. The van der Waals surface area contributed by atoms with Crippen molar-refractivity contribution in [2.75, 3.05) is 12.9 Å². The van der Waals surface area contributed by atoms with Gasteiger partial charge in [-0.15, -0.1) is 0 Å². The molecule has 2 heterocycles. The molecule has 0 radical (unpaired) electrons. The molecule has 7 nitrogen and oxygen atoms in total. The van der Waals surface area contributed by atoms with Crippen molar-refractivity contribution in [2.24, 2.45) is 0 Å². The van der Waals surface area contributed by atoms with Crippen LogP contribution in [0.25, 0.3) is 0 Å². The van der Waals surface area contributed by atoms with Gasteiger partial charge in [-0.05, 0) is 67.3 Å². The zero-order valence-corrected chi connectivity index (χ0v) is 22.8. The van der Waals surface area contributed by atoms with Crippen molar-refractivity contribution in [3.05, 3.63) is 57.6 Å². The van der Waals surface area contributed by atoms with Crippen LogP contribution in [0.2, 0.25) is 0 Å². The number of rotatable bonds is 3. The molecule has 35 heavy (non-hydrogen) atoms. The van der Waals surface area contributed by atoms with Gasteiger partial charge in [0.05, 0.1) is 28.2 Å². The Bertz CT molecular complexity index is 1540. The van der Waals surface area contributed by atoms with Crippen LogP contribution in [-0.4, -0.2) is 46.2 Å². The lowest BCUT2D eigenvalue weighted by atomic mass is 9.68. The summed E-state index contributed by atoms with van der Waals surface area (Å²) in [6, 6.07) is 5.64. The average molecular weight is 519 g/mol. The largest absolute Gasteiger partial charge is 0.465 e. The second kappa shape index (κ2) is 7.26. The van der Waals surface area contributed by atoms with E-state index in [9.17, 15) is 26.4 Å². The van der Waals surface area contributed by atoms with Gasteiger partial charge in [-0.1, -0.05) is 27.7 Å². The number of fused-ring (bicyclic) bond motifs is 2. The van der Waals surface area contributed by atoms with Gasteiger partial charge >= 0.3 is 5.97 Å². The first-order chi connectivity index (χ1) is 15.9. The van der Waals surface area contributed by atoms with Gasteiger partial charge in [0.15, 0.2) is 25.5 Å². The average Bonchev–Trinajstić information content (AvgIpc) is 3.02. The maximum Gasteiger partial charge on any atom is 0.338 e. The first kappa shape index (κ1) is 25.6. The summed E-state index contributed by atoms with van der Waals surface area (Å²) in [7, 11) is -6.42. The van der Waals surface area contributed by atoms with Crippen LogP contribution in [-0.2, 0) is 35.2 Å². The lowest BCUT2D eigenvalue weighted by Crippen LogP contribution is -2.53. The Kier molecular flexibility index (Phi) is 5.30. The molecule has 2 aliphatic heterocycles.